The van der Waals surface area contributed by atoms with Crippen LogP contribution in [0.15, 0.2) is 22.7 Å². The second kappa shape index (κ2) is 5.69. The van der Waals surface area contributed by atoms with Crippen molar-refractivity contribution in [1.29, 1.82) is 0 Å². The van der Waals surface area contributed by atoms with Crippen LogP contribution >= 0.6 is 15.9 Å². The summed E-state index contributed by atoms with van der Waals surface area (Å²) >= 11 is 3.52. The maximum absolute atomic E-state index is 5.47. The molecule has 0 fully saturated rings. The van der Waals surface area contributed by atoms with Crippen molar-refractivity contribution in [2.24, 2.45) is 0 Å². The molecule has 1 aromatic rings. The molecule has 0 unspecified atom stereocenters. The minimum atomic E-state index is 0.144. The Morgan fingerprint density at radius 2 is 2.00 bits per heavy atom. The lowest BCUT2D eigenvalue weighted by Gasteiger charge is -2.20. The van der Waals surface area contributed by atoms with Gasteiger partial charge >= 0.3 is 0 Å². The van der Waals surface area contributed by atoms with E-state index in [-0.39, 0.29) is 5.54 Å². The third-order valence-electron chi connectivity index (χ3n) is 2.12. The fourth-order valence-corrected chi connectivity index (χ4v) is 1.83. The molecule has 2 nitrogen and oxygen atoms in total. The Bertz CT molecular complexity index is 344. The van der Waals surface area contributed by atoms with Gasteiger partial charge in [0.05, 0.1) is 11.1 Å². The van der Waals surface area contributed by atoms with Crippen molar-refractivity contribution in [3.8, 4) is 5.75 Å². The number of hydrogen-bond donors (Lipinski definition) is 1. The van der Waals surface area contributed by atoms with Crippen LogP contribution in [0.25, 0.3) is 0 Å². The molecule has 0 aliphatic rings. The molecule has 0 bridgehead atoms. The number of nitrogens with one attached hydrogen (secondary N) is 1. The van der Waals surface area contributed by atoms with Crippen molar-refractivity contribution >= 4 is 15.9 Å². The van der Waals surface area contributed by atoms with Crippen molar-refractivity contribution < 1.29 is 4.74 Å². The first-order valence-electron chi connectivity index (χ1n) is 5.58. The number of halogens is 1. The summed E-state index contributed by atoms with van der Waals surface area (Å²) in [5.41, 5.74) is 1.40. The fourth-order valence-electron chi connectivity index (χ4n) is 1.29. The summed E-state index contributed by atoms with van der Waals surface area (Å²) in [4.78, 5) is 0. The predicted molar refractivity (Wildman–Crippen MR) is 71.9 cm³/mol. The van der Waals surface area contributed by atoms with E-state index in [4.69, 9.17) is 4.74 Å². The molecule has 90 valence electrons. The van der Waals surface area contributed by atoms with Gasteiger partial charge in [-0.15, -0.1) is 0 Å². The molecular formula is C13H20BrNO. The van der Waals surface area contributed by atoms with Crippen molar-refractivity contribution in [3.05, 3.63) is 28.2 Å². The van der Waals surface area contributed by atoms with E-state index in [1.54, 1.807) is 0 Å². The molecule has 3 heteroatoms. The molecule has 1 rings (SSSR count). The van der Waals surface area contributed by atoms with Gasteiger partial charge in [0.15, 0.2) is 0 Å². The van der Waals surface area contributed by atoms with Crippen LogP contribution in [-0.4, -0.2) is 12.1 Å². The molecule has 1 aromatic carbocycles. The lowest BCUT2D eigenvalue weighted by atomic mass is 10.1. The van der Waals surface area contributed by atoms with Gasteiger partial charge in [0, 0.05) is 12.1 Å². The van der Waals surface area contributed by atoms with E-state index in [9.17, 15) is 0 Å². The lowest BCUT2D eigenvalue weighted by molar-refractivity contribution is 0.338. The third-order valence-corrected chi connectivity index (χ3v) is 2.74. The highest BCUT2D eigenvalue weighted by Gasteiger charge is 2.09. The number of rotatable bonds is 4. The molecule has 0 radical (unpaired) electrons. The lowest BCUT2D eigenvalue weighted by Crippen LogP contribution is -2.35. The van der Waals surface area contributed by atoms with Crippen LogP contribution in [0.1, 0.15) is 33.3 Å². The number of ether oxygens (including phenoxy) is 1. The quantitative estimate of drug-likeness (QED) is 0.910. The second-order valence-electron chi connectivity index (χ2n) is 4.80. The van der Waals surface area contributed by atoms with Gasteiger partial charge in [0.2, 0.25) is 0 Å². The van der Waals surface area contributed by atoms with Gasteiger partial charge in [-0.3, -0.25) is 0 Å². The first-order valence-corrected chi connectivity index (χ1v) is 6.38. The van der Waals surface area contributed by atoms with Gasteiger partial charge in [0.25, 0.3) is 0 Å². The highest BCUT2D eigenvalue weighted by molar-refractivity contribution is 9.10. The van der Waals surface area contributed by atoms with E-state index in [1.807, 2.05) is 13.0 Å². The smallest absolute Gasteiger partial charge is 0.133 e. The highest BCUT2D eigenvalue weighted by atomic mass is 79.9. The van der Waals surface area contributed by atoms with Crippen LogP contribution in [0.4, 0.5) is 0 Å². The van der Waals surface area contributed by atoms with Gasteiger partial charge in [-0.05, 0) is 61.3 Å². The maximum atomic E-state index is 5.47. The molecule has 0 saturated heterocycles. The Hall–Kier alpha value is -0.540. The monoisotopic (exact) mass is 285 g/mol. The van der Waals surface area contributed by atoms with Gasteiger partial charge in [0.1, 0.15) is 5.75 Å². The minimum absolute atomic E-state index is 0.144. The molecule has 0 amide bonds. The van der Waals surface area contributed by atoms with Crippen LogP contribution in [0, 0.1) is 0 Å². The summed E-state index contributed by atoms with van der Waals surface area (Å²) < 4.78 is 6.49. The van der Waals surface area contributed by atoms with Crippen LogP contribution < -0.4 is 10.1 Å². The van der Waals surface area contributed by atoms with Crippen LogP contribution in [0.3, 0.4) is 0 Å². The first kappa shape index (κ1) is 13.5. The molecule has 0 aliphatic heterocycles. The van der Waals surface area contributed by atoms with Gasteiger partial charge < -0.3 is 10.1 Å². The van der Waals surface area contributed by atoms with E-state index >= 15 is 0 Å². The number of hydrogen-bond acceptors (Lipinski definition) is 2. The fraction of sp³-hybridized carbons (Fsp3) is 0.538. The topological polar surface area (TPSA) is 21.3 Å². The van der Waals surface area contributed by atoms with E-state index in [2.05, 4.69) is 54.2 Å². The average Bonchev–Trinajstić information content (AvgIpc) is 2.18. The van der Waals surface area contributed by atoms with Crippen molar-refractivity contribution in [2.45, 2.75) is 39.8 Å². The van der Waals surface area contributed by atoms with Gasteiger partial charge in [-0.1, -0.05) is 6.07 Å². The summed E-state index contributed by atoms with van der Waals surface area (Å²) in [6, 6.07) is 6.20. The standard InChI is InChI=1S/C13H20BrNO/c1-5-16-12-7-6-10(8-11(12)14)9-15-13(2,3)4/h6-8,15H,5,9H2,1-4H3. The highest BCUT2D eigenvalue weighted by Crippen LogP contribution is 2.26. The zero-order chi connectivity index (χ0) is 12.2. The van der Waals surface area contributed by atoms with E-state index in [0.717, 1.165) is 16.8 Å². The SMILES string of the molecule is CCOc1ccc(CNC(C)(C)C)cc1Br. The molecular weight excluding hydrogens is 266 g/mol. The van der Waals surface area contributed by atoms with Crippen LogP contribution in [0.5, 0.6) is 5.75 Å². The van der Waals surface area contributed by atoms with Crippen molar-refractivity contribution in [3.63, 3.8) is 0 Å². The average molecular weight is 286 g/mol. The zero-order valence-electron chi connectivity index (χ0n) is 10.4. The Kier molecular flexibility index (Phi) is 4.81. The summed E-state index contributed by atoms with van der Waals surface area (Å²) in [6.07, 6.45) is 0. The molecule has 1 N–H and O–H groups in total. The first-order chi connectivity index (χ1) is 7.42. The zero-order valence-corrected chi connectivity index (χ0v) is 12.0. The normalized spacial score (nSPS) is 11.6. The Balaban J connectivity index is 2.66. The van der Waals surface area contributed by atoms with Crippen LogP contribution in [0.2, 0.25) is 0 Å². The van der Waals surface area contributed by atoms with Crippen molar-refractivity contribution in [2.75, 3.05) is 6.61 Å². The second-order valence-corrected chi connectivity index (χ2v) is 5.66. The molecule has 0 saturated carbocycles. The van der Waals surface area contributed by atoms with E-state index < -0.39 is 0 Å². The Morgan fingerprint density at radius 3 is 2.50 bits per heavy atom. The minimum Gasteiger partial charge on any atom is -0.493 e. The predicted octanol–water partition coefficient (Wildman–Crippen LogP) is 3.74. The molecule has 0 aliphatic carbocycles. The molecule has 16 heavy (non-hydrogen) atoms. The van der Waals surface area contributed by atoms with E-state index in [1.165, 1.54) is 5.56 Å². The third kappa shape index (κ3) is 4.54. The molecule has 0 heterocycles. The summed E-state index contributed by atoms with van der Waals surface area (Å²) in [5.74, 6) is 0.905. The summed E-state index contributed by atoms with van der Waals surface area (Å²) in [6.45, 7) is 10.0. The Labute approximate surface area is 107 Å². The Morgan fingerprint density at radius 1 is 1.31 bits per heavy atom. The van der Waals surface area contributed by atoms with Crippen molar-refractivity contribution in [1.82, 2.24) is 5.32 Å². The van der Waals surface area contributed by atoms with Gasteiger partial charge in [-0.25, -0.2) is 0 Å². The molecule has 0 atom stereocenters. The number of benzene rings is 1. The van der Waals surface area contributed by atoms with Crippen LogP contribution in [-0.2, 0) is 6.54 Å². The molecule has 0 spiro atoms. The summed E-state index contributed by atoms with van der Waals surface area (Å²) in [5, 5.41) is 3.46. The summed E-state index contributed by atoms with van der Waals surface area (Å²) in [7, 11) is 0. The van der Waals surface area contributed by atoms with E-state index in [0.29, 0.717) is 6.61 Å². The molecule has 0 aromatic heterocycles. The maximum Gasteiger partial charge on any atom is 0.133 e. The largest absolute Gasteiger partial charge is 0.493 e. The van der Waals surface area contributed by atoms with Gasteiger partial charge in [-0.2, -0.15) is 0 Å².